The summed E-state index contributed by atoms with van der Waals surface area (Å²) >= 11 is 6.09. The highest BCUT2D eigenvalue weighted by Gasteiger charge is 2.25. The van der Waals surface area contributed by atoms with E-state index in [1.807, 2.05) is 13.0 Å². The van der Waals surface area contributed by atoms with Gasteiger partial charge in [-0.15, -0.1) is 24.0 Å². The Bertz CT molecular complexity index is 912. The van der Waals surface area contributed by atoms with Gasteiger partial charge in [-0.2, -0.15) is 0 Å². The number of hydrogen-bond donors (Lipinski definition) is 2. The van der Waals surface area contributed by atoms with Crippen LogP contribution in [0.15, 0.2) is 46.0 Å². The van der Waals surface area contributed by atoms with Gasteiger partial charge in [-0.3, -0.25) is 14.6 Å². The number of carbonyl (C=O) groups is 2. The van der Waals surface area contributed by atoms with E-state index < -0.39 is 0 Å². The van der Waals surface area contributed by atoms with Crippen LogP contribution >= 0.6 is 35.6 Å². The molecule has 168 valence electrons. The zero-order valence-corrected chi connectivity index (χ0v) is 20.6. The van der Waals surface area contributed by atoms with Gasteiger partial charge in [-0.1, -0.05) is 17.7 Å². The molecule has 0 spiro atoms. The van der Waals surface area contributed by atoms with Crippen molar-refractivity contribution in [2.24, 2.45) is 4.99 Å². The number of halogens is 2. The number of anilines is 1. The first-order chi connectivity index (χ1) is 14.5. The number of furan rings is 1. The molecule has 3 rings (SSSR count). The van der Waals surface area contributed by atoms with Crippen molar-refractivity contribution >= 4 is 59.0 Å². The lowest BCUT2D eigenvalue weighted by atomic mass is 10.2. The van der Waals surface area contributed by atoms with Gasteiger partial charge in [0.25, 0.3) is 5.91 Å². The summed E-state index contributed by atoms with van der Waals surface area (Å²) in [6.07, 6.45) is 1.79. The Balaban J connectivity index is 0.00000341. The predicted octanol–water partition coefficient (Wildman–Crippen LogP) is 3.22. The molecule has 2 heterocycles. The average Bonchev–Trinajstić information content (AvgIpc) is 3.29. The molecular weight excluding hydrogens is 533 g/mol. The summed E-state index contributed by atoms with van der Waals surface area (Å²) in [6.45, 7) is 4.78. The minimum Gasteiger partial charge on any atom is -0.459 e. The highest BCUT2D eigenvalue weighted by Crippen LogP contribution is 2.22. The molecule has 2 N–H and O–H groups in total. The van der Waals surface area contributed by atoms with Crippen LogP contribution in [-0.2, 0) is 4.79 Å². The van der Waals surface area contributed by atoms with Crippen LogP contribution in [-0.4, -0.2) is 67.3 Å². The Labute approximate surface area is 204 Å². The second kappa shape index (κ2) is 11.9. The molecule has 2 amide bonds. The molecule has 8 nitrogen and oxygen atoms in total. The van der Waals surface area contributed by atoms with Gasteiger partial charge in [0.15, 0.2) is 11.7 Å². The van der Waals surface area contributed by atoms with E-state index in [0.29, 0.717) is 61.6 Å². The normalized spacial score (nSPS) is 14.1. The molecule has 0 saturated carbocycles. The SMILES string of the molecule is CN=C(NCCC(=O)Nc1cccc(Cl)c1C)N1CCN(C(=O)c2ccco2)CC1.I. The fourth-order valence-electron chi connectivity index (χ4n) is 3.25. The molecule has 10 heteroatoms. The number of guanidine groups is 1. The van der Waals surface area contributed by atoms with Gasteiger partial charge in [-0.25, -0.2) is 0 Å². The Morgan fingerprint density at radius 1 is 1.13 bits per heavy atom. The molecule has 0 aliphatic carbocycles. The van der Waals surface area contributed by atoms with Crippen molar-refractivity contribution in [1.82, 2.24) is 15.1 Å². The van der Waals surface area contributed by atoms with E-state index in [1.165, 1.54) is 6.26 Å². The summed E-state index contributed by atoms with van der Waals surface area (Å²) in [5, 5.41) is 6.73. The number of nitrogens with one attached hydrogen (secondary N) is 2. The van der Waals surface area contributed by atoms with Crippen LogP contribution in [0.4, 0.5) is 5.69 Å². The van der Waals surface area contributed by atoms with Gasteiger partial charge in [0.05, 0.1) is 6.26 Å². The van der Waals surface area contributed by atoms with E-state index in [4.69, 9.17) is 16.0 Å². The van der Waals surface area contributed by atoms with Crippen LogP contribution in [0.1, 0.15) is 22.5 Å². The summed E-state index contributed by atoms with van der Waals surface area (Å²) in [5.41, 5.74) is 1.56. The van der Waals surface area contributed by atoms with E-state index in [0.717, 1.165) is 5.56 Å². The lowest BCUT2D eigenvalue weighted by Gasteiger charge is -2.36. The van der Waals surface area contributed by atoms with Gasteiger partial charge in [-0.05, 0) is 36.8 Å². The first-order valence-electron chi connectivity index (χ1n) is 9.83. The summed E-state index contributed by atoms with van der Waals surface area (Å²) in [5.74, 6) is 0.867. The van der Waals surface area contributed by atoms with Gasteiger partial charge < -0.3 is 24.9 Å². The summed E-state index contributed by atoms with van der Waals surface area (Å²) in [6, 6.07) is 8.81. The van der Waals surface area contributed by atoms with Gasteiger partial charge in [0, 0.05) is 56.9 Å². The van der Waals surface area contributed by atoms with Crippen LogP contribution in [0.2, 0.25) is 5.02 Å². The van der Waals surface area contributed by atoms with E-state index in [-0.39, 0.29) is 35.8 Å². The highest BCUT2D eigenvalue weighted by molar-refractivity contribution is 14.0. The zero-order valence-electron chi connectivity index (χ0n) is 17.6. The zero-order chi connectivity index (χ0) is 21.5. The fraction of sp³-hybridized carbons (Fsp3) is 0.381. The summed E-state index contributed by atoms with van der Waals surface area (Å²) < 4.78 is 5.19. The van der Waals surface area contributed by atoms with E-state index in [9.17, 15) is 9.59 Å². The fourth-order valence-corrected chi connectivity index (χ4v) is 3.43. The molecule has 0 radical (unpaired) electrons. The number of aliphatic imine (C=N–C) groups is 1. The maximum absolute atomic E-state index is 12.4. The quantitative estimate of drug-likeness (QED) is 0.334. The molecule has 1 fully saturated rings. The van der Waals surface area contributed by atoms with E-state index >= 15 is 0 Å². The number of rotatable bonds is 5. The predicted molar refractivity (Wildman–Crippen MR) is 132 cm³/mol. The molecule has 1 aromatic heterocycles. The number of hydrogen-bond acceptors (Lipinski definition) is 4. The molecule has 1 aromatic carbocycles. The minimum atomic E-state index is -0.101. The largest absolute Gasteiger partial charge is 0.459 e. The highest BCUT2D eigenvalue weighted by atomic mass is 127. The van der Waals surface area contributed by atoms with Crippen molar-refractivity contribution in [1.29, 1.82) is 0 Å². The second-order valence-corrected chi connectivity index (χ2v) is 7.35. The molecule has 31 heavy (non-hydrogen) atoms. The first-order valence-corrected chi connectivity index (χ1v) is 10.2. The molecule has 0 unspecified atom stereocenters. The van der Waals surface area contributed by atoms with Gasteiger partial charge in [0.2, 0.25) is 5.91 Å². The van der Waals surface area contributed by atoms with Crippen molar-refractivity contribution in [3.63, 3.8) is 0 Å². The van der Waals surface area contributed by atoms with Crippen molar-refractivity contribution in [2.75, 3.05) is 45.1 Å². The number of carbonyl (C=O) groups excluding carboxylic acids is 2. The number of nitrogens with zero attached hydrogens (tertiary/aromatic N) is 3. The second-order valence-electron chi connectivity index (χ2n) is 6.94. The van der Waals surface area contributed by atoms with Crippen molar-refractivity contribution < 1.29 is 14.0 Å². The van der Waals surface area contributed by atoms with Crippen LogP contribution in [0.5, 0.6) is 0 Å². The summed E-state index contributed by atoms with van der Waals surface area (Å²) in [7, 11) is 1.71. The molecule has 1 saturated heterocycles. The monoisotopic (exact) mass is 559 g/mol. The van der Waals surface area contributed by atoms with E-state index in [1.54, 1.807) is 36.2 Å². The number of amides is 2. The lowest BCUT2D eigenvalue weighted by Crippen LogP contribution is -2.54. The Kier molecular flexibility index (Phi) is 9.63. The van der Waals surface area contributed by atoms with Gasteiger partial charge in [0.1, 0.15) is 0 Å². The molecule has 1 aliphatic rings. The van der Waals surface area contributed by atoms with Crippen molar-refractivity contribution in [3.8, 4) is 0 Å². The van der Waals surface area contributed by atoms with Crippen LogP contribution in [0, 0.1) is 6.92 Å². The third kappa shape index (κ3) is 6.60. The molecule has 1 aliphatic heterocycles. The summed E-state index contributed by atoms with van der Waals surface area (Å²) in [4.78, 5) is 32.8. The smallest absolute Gasteiger partial charge is 0.289 e. The van der Waals surface area contributed by atoms with Crippen molar-refractivity contribution in [2.45, 2.75) is 13.3 Å². The maximum Gasteiger partial charge on any atom is 0.289 e. The van der Waals surface area contributed by atoms with Crippen LogP contribution in [0.25, 0.3) is 0 Å². The maximum atomic E-state index is 12.4. The third-order valence-corrected chi connectivity index (χ3v) is 5.40. The average molecular weight is 560 g/mol. The van der Waals surface area contributed by atoms with Gasteiger partial charge >= 0.3 is 0 Å². The van der Waals surface area contributed by atoms with E-state index in [2.05, 4.69) is 20.5 Å². The molecule has 0 atom stereocenters. The topological polar surface area (TPSA) is 90.2 Å². The van der Waals surface area contributed by atoms with Crippen LogP contribution in [0.3, 0.4) is 0 Å². The number of piperazine rings is 1. The molecule has 0 bridgehead atoms. The Hall–Kier alpha value is -2.27. The molecule has 2 aromatic rings. The minimum absolute atomic E-state index is 0. The van der Waals surface area contributed by atoms with Crippen molar-refractivity contribution in [3.05, 3.63) is 52.9 Å². The standard InChI is InChI=1S/C21H26ClN5O3.HI/c1-15-16(22)5-3-6-17(15)25-19(28)8-9-24-21(23-2)27-12-10-26(11-13-27)20(29)18-7-4-14-30-18;/h3-7,14H,8-13H2,1-2H3,(H,23,24)(H,25,28);1H. The van der Waals surface area contributed by atoms with Crippen LogP contribution < -0.4 is 10.6 Å². The molecular formula is C21H27ClIN5O3. The third-order valence-electron chi connectivity index (χ3n) is 4.99. The first kappa shape index (κ1) is 25.0. The lowest BCUT2D eigenvalue weighted by molar-refractivity contribution is -0.116. The number of benzene rings is 1. The Morgan fingerprint density at radius 2 is 1.84 bits per heavy atom. The Morgan fingerprint density at radius 3 is 2.48 bits per heavy atom.